The molecule has 4 aromatic rings. The number of nitrogens with zero attached hydrogens (tertiary/aromatic N) is 2. The number of hydrogen-bond donors (Lipinski definition) is 0. The Morgan fingerprint density at radius 1 is 0.730 bits per heavy atom. The fourth-order valence-corrected chi connectivity index (χ4v) is 5.16. The van der Waals surface area contributed by atoms with E-state index in [1.807, 2.05) is 97.1 Å². The van der Waals surface area contributed by atoms with Crippen molar-refractivity contribution in [3.8, 4) is 5.75 Å². The minimum Gasteiger partial charge on any atom is -0.489 e. The monoisotopic (exact) mass is 554 g/mol. The van der Waals surface area contributed by atoms with E-state index in [2.05, 4.69) is 15.9 Å². The van der Waals surface area contributed by atoms with Crippen molar-refractivity contribution >= 4 is 39.1 Å². The number of para-hydroxylation sites is 1. The molecule has 4 aromatic carbocycles. The van der Waals surface area contributed by atoms with Gasteiger partial charge in [-0.1, -0.05) is 76.6 Å². The van der Waals surface area contributed by atoms with Crippen LogP contribution in [0.3, 0.4) is 0 Å². The first-order chi connectivity index (χ1) is 18.1. The van der Waals surface area contributed by atoms with Crippen LogP contribution in [0.1, 0.15) is 17.2 Å². The van der Waals surface area contributed by atoms with Crippen LogP contribution >= 0.6 is 15.9 Å². The third-order valence-corrected chi connectivity index (χ3v) is 7.21. The predicted octanol–water partition coefficient (Wildman–Crippen LogP) is 6.08. The Balaban J connectivity index is 1.31. The lowest BCUT2D eigenvalue weighted by Crippen LogP contribution is -2.37. The van der Waals surface area contributed by atoms with Crippen molar-refractivity contribution in [1.29, 1.82) is 0 Å². The van der Waals surface area contributed by atoms with E-state index in [1.165, 1.54) is 4.90 Å². The summed E-state index contributed by atoms with van der Waals surface area (Å²) in [6, 6.07) is 33.8. The third-order valence-electron chi connectivity index (χ3n) is 6.68. The van der Waals surface area contributed by atoms with Crippen molar-refractivity contribution in [3.05, 3.63) is 125 Å². The first-order valence-corrected chi connectivity index (χ1v) is 12.8. The summed E-state index contributed by atoms with van der Waals surface area (Å²) in [5.41, 5.74) is 3.26. The van der Waals surface area contributed by atoms with Gasteiger partial charge in [0.1, 0.15) is 18.3 Å². The number of carbonyl (C=O) groups excluding carboxylic acids is 2. The van der Waals surface area contributed by atoms with Gasteiger partial charge in [0.2, 0.25) is 5.91 Å². The molecule has 0 N–H and O–H groups in total. The quantitative estimate of drug-likeness (QED) is 0.270. The molecule has 2 saturated heterocycles. The van der Waals surface area contributed by atoms with Gasteiger partial charge in [0, 0.05) is 4.47 Å². The SMILES string of the molecule is O=C1[C@@H]2[C@@H](c3ccc(OCc4ccccc4)cc3)N(c3ccccc3)O[C@H]2C(=O)N1c1ccc(Br)cc1. The van der Waals surface area contributed by atoms with E-state index < -0.39 is 18.1 Å². The average molecular weight is 555 g/mol. The van der Waals surface area contributed by atoms with Gasteiger partial charge in [0.25, 0.3) is 5.91 Å². The number of hydroxylamine groups is 1. The summed E-state index contributed by atoms with van der Waals surface area (Å²) in [7, 11) is 0. The van der Waals surface area contributed by atoms with Gasteiger partial charge in [0.05, 0.1) is 17.4 Å². The highest BCUT2D eigenvalue weighted by Crippen LogP contribution is 2.47. The van der Waals surface area contributed by atoms with Crippen LogP contribution in [0, 0.1) is 5.92 Å². The number of halogens is 1. The summed E-state index contributed by atoms with van der Waals surface area (Å²) < 4.78 is 6.82. The molecular weight excluding hydrogens is 532 g/mol. The minimum atomic E-state index is -0.907. The van der Waals surface area contributed by atoms with Crippen molar-refractivity contribution in [1.82, 2.24) is 0 Å². The average Bonchev–Trinajstić information content (AvgIpc) is 3.45. The Labute approximate surface area is 223 Å². The number of benzene rings is 4. The Kier molecular flexibility index (Phi) is 6.24. The summed E-state index contributed by atoms with van der Waals surface area (Å²) in [6.45, 7) is 0.461. The zero-order chi connectivity index (χ0) is 25.4. The number of anilines is 2. The van der Waals surface area contributed by atoms with Crippen LogP contribution in [0.5, 0.6) is 5.75 Å². The van der Waals surface area contributed by atoms with Gasteiger partial charge in [-0.15, -0.1) is 0 Å². The number of amides is 2. The molecule has 0 aliphatic carbocycles. The largest absolute Gasteiger partial charge is 0.489 e. The van der Waals surface area contributed by atoms with Gasteiger partial charge in [0.15, 0.2) is 6.10 Å². The summed E-state index contributed by atoms with van der Waals surface area (Å²) in [6.07, 6.45) is -0.907. The molecule has 2 aliphatic heterocycles. The fourth-order valence-electron chi connectivity index (χ4n) is 4.90. The maximum absolute atomic E-state index is 13.7. The summed E-state index contributed by atoms with van der Waals surface area (Å²) >= 11 is 3.41. The van der Waals surface area contributed by atoms with Crippen LogP contribution in [-0.2, 0) is 21.0 Å². The van der Waals surface area contributed by atoms with Gasteiger partial charge in [-0.2, -0.15) is 0 Å². The molecule has 37 heavy (non-hydrogen) atoms. The van der Waals surface area contributed by atoms with Crippen molar-refractivity contribution in [2.75, 3.05) is 9.96 Å². The van der Waals surface area contributed by atoms with Crippen molar-refractivity contribution in [2.45, 2.75) is 18.8 Å². The van der Waals surface area contributed by atoms with Gasteiger partial charge in [-0.3, -0.25) is 14.4 Å². The molecule has 0 saturated carbocycles. The topological polar surface area (TPSA) is 59.1 Å². The van der Waals surface area contributed by atoms with Crippen LogP contribution < -0.4 is 14.7 Å². The van der Waals surface area contributed by atoms with Crippen LogP contribution in [0.4, 0.5) is 11.4 Å². The van der Waals surface area contributed by atoms with E-state index in [-0.39, 0.29) is 11.8 Å². The van der Waals surface area contributed by atoms with E-state index >= 15 is 0 Å². The lowest BCUT2D eigenvalue weighted by Gasteiger charge is -2.28. The minimum absolute atomic E-state index is 0.273. The molecule has 2 aliphatic rings. The number of imide groups is 1. The second-order valence-corrected chi connectivity index (χ2v) is 9.91. The predicted molar refractivity (Wildman–Crippen MR) is 144 cm³/mol. The fraction of sp³-hybridized carbons (Fsp3) is 0.133. The Morgan fingerprint density at radius 2 is 1.38 bits per heavy atom. The zero-order valence-electron chi connectivity index (χ0n) is 19.7. The lowest BCUT2D eigenvalue weighted by molar-refractivity contribution is -0.126. The number of fused-ring (bicyclic) bond motifs is 1. The molecule has 6 rings (SSSR count). The molecule has 0 aromatic heterocycles. The smallest absolute Gasteiger partial charge is 0.266 e. The molecule has 0 spiro atoms. The maximum atomic E-state index is 13.7. The molecule has 2 fully saturated rings. The van der Waals surface area contributed by atoms with Gasteiger partial charge < -0.3 is 4.74 Å². The van der Waals surface area contributed by atoms with Crippen molar-refractivity contribution in [2.24, 2.45) is 5.92 Å². The van der Waals surface area contributed by atoms with Gasteiger partial charge in [-0.05, 0) is 59.7 Å². The molecule has 2 heterocycles. The second kappa shape index (κ2) is 9.84. The first kappa shape index (κ1) is 23.5. The molecule has 0 radical (unpaired) electrons. The van der Waals surface area contributed by atoms with Gasteiger partial charge >= 0.3 is 0 Å². The summed E-state index contributed by atoms with van der Waals surface area (Å²) in [4.78, 5) is 34.6. The molecule has 3 atom stereocenters. The highest BCUT2D eigenvalue weighted by Gasteiger charge is 2.60. The van der Waals surface area contributed by atoms with E-state index in [4.69, 9.17) is 9.57 Å². The number of carbonyl (C=O) groups is 2. The zero-order valence-corrected chi connectivity index (χ0v) is 21.3. The molecule has 184 valence electrons. The first-order valence-electron chi connectivity index (χ1n) is 12.0. The summed E-state index contributed by atoms with van der Waals surface area (Å²) in [5, 5.41) is 1.70. The van der Waals surface area contributed by atoms with Crippen LogP contribution in [-0.4, -0.2) is 17.9 Å². The number of hydrogen-bond acceptors (Lipinski definition) is 5. The number of ether oxygens (including phenoxy) is 1. The second-order valence-electron chi connectivity index (χ2n) is 8.99. The molecule has 2 amide bonds. The van der Waals surface area contributed by atoms with Crippen molar-refractivity contribution < 1.29 is 19.2 Å². The molecular formula is C30H23BrN2O4. The summed E-state index contributed by atoms with van der Waals surface area (Å²) in [5.74, 6) is -0.596. The van der Waals surface area contributed by atoms with Crippen LogP contribution in [0.15, 0.2) is 114 Å². The molecule has 6 nitrogen and oxygen atoms in total. The van der Waals surface area contributed by atoms with E-state index in [0.29, 0.717) is 12.3 Å². The highest BCUT2D eigenvalue weighted by atomic mass is 79.9. The molecule has 7 heteroatoms. The van der Waals surface area contributed by atoms with Gasteiger partial charge in [-0.25, -0.2) is 9.96 Å². The van der Waals surface area contributed by atoms with Crippen molar-refractivity contribution in [3.63, 3.8) is 0 Å². The third kappa shape index (κ3) is 4.41. The lowest BCUT2D eigenvalue weighted by atomic mass is 9.90. The highest BCUT2D eigenvalue weighted by molar-refractivity contribution is 9.10. The van der Waals surface area contributed by atoms with Crippen LogP contribution in [0.2, 0.25) is 0 Å². The standard InChI is InChI=1S/C30H23BrN2O4/c31-22-13-15-23(16-14-22)32-29(34)26-27(33(37-28(26)30(32)35)24-9-5-2-6-10-24)21-11-17-25(18-12-21)36-19-20-7-3-1-4-8-20/h1-18,26-28H,19H2/t26-,27-,28-/m1/s1. The Morgan fingerprint density at radius 3 is 2.05 bits per heavy atom. The van der Waals surface area contributed by atoms with E-state index in [9.17, 15) is 9.59 Å². The Hall–Kier alpha value is -3.94. The molecule has 0 unspecified atom stereocenters. The van der Waals surface area contributed by atoms with E-state index in [1.54, 1.807) is 17.2 Å². The van der Waals surface area contributed by atoms with Crippen LogP contribution in [0.25, 0.3) is 0 Å². The van der Waals surface area contributed by atoms with E-state index in [0.717, 1.165) is 27.0 Å². The molecule has 0 bridgehead atoms. The number of rotatable bonds is 6. The normalized spacial score (nSPS) is 20.8. The Bertz CT molecular complexity index is 1410. The maximum Gasteiger partial charge on any atom is 0.266 e.